The molecule has 0 rings (SSSR count). The summed E-state index contributed by atoms with van der Waals surface area (Å²) in [5, 5.41) is 0. The van der Waals surface area contributed by atoms with Gasteiger partial charge < -0.3 is 14.2 Å². The first-order chi connectivity index (χ1) is 30.0. The van der Waals surface area contributed by atoms with Crippen LogP contribution in [0.25, 0.3) is 0 Å². The van der Waals surface area contributed by atoms with Crippen LogP contribution >= 0.6 is 0 Å². The van der Waals surface area contributed by atoms with E-state index in [-0.39, 0.29) is 31.1 Å². The van der Waals surface area contributed by atoms with Gasteiger partial charge >= 0.3 is 17.9 Å². The lowest BCUT2D eigenvalue weighted by Gasteiger charge is -2.18. The van der Waals surface area contributed by atoms with E-state index in [9.17, 15) is 14.4 Å². The zero-order valence-electron chi connectivity index (χ0n) is 40.9. The number of allylic oxidation sites excluding steroid dienone is 4. The fraction of sp³-hybridized carbons (Fsp3) is 0.873. The summed E-state index contributed by atoms with van der Waals surface area (Å²) >= 11 is 0. The first-order valence-electron chi connectivity index (χ1n) is 26.8. The second kappa shape index (κ2) is 50.5. The van der Waals surface area contributed by atoms with Gasteiger partial charge in [-0.2, -0.15) is 0 Å². The number of carbonyl (C=O) groups excluding carboxylic acids is 3. The maximum atomic E-state index is 12.8. The molecule has 0 N–H and O–H groups in total. The van der Waals surface area contributed by atoms with Crippen molar-refractivity contribution in [2.45, 2.75) is 297 Å². The van der Waals surface area contributed by atoms with Gasteiger partial charge in [0.1, 0.15) is 13.2 Å². The summed E-state index contributed by atoms with van der Waals surface area (Å²) in [6, 6.07) is 0. The van der Waals surface area contributed by atoms with Crippen LogP contribution in [0.4, 0.5) is 0 Å². The van der Waals surface area contributed by atoms with E-state index in [0.717, 1.165) is 77.0 Å². The number of hydrogen-bond acceptors (Lipinski definition) is 6. The minimum atomic E-state index is -0.772. The Balaban J connectivity index is 4.35. The van der Waals surface area contributed by atoms with Gasteiger partial charge in [0, 0.05) is 19.3 Å². The molecule has 0 aliphatic carbocycles. The van der Waals surface area contributed by atoms with E-state index >= 15 is 0 Å². The second-order valence-electron chi connectivity index (χ2n) is 18.2. The van der Waals surface area contributed by atoms with Crippen molar-refractivity contribution < 1.29 is 28.6 Å². The lowest BCUT2D eigenvalue weighted by molar-refractivity contribution is -0.167. The molecule has 0 amide bonds. The molecule has 6 heteroatoms. The molecule has 0 radical (unpaired) electrons. The highest BCUT2D eigenvalue weighted by Gasteiger charge is 2.19. The molecule has 0 spiro atoms. The molecule has 0 aliphatic heterocycles. The predicted octanol–water partition coefficient (Wildman–Crippen LogP) is 17.5. The van der Waals surface area contributed by atoms with Gasteiger partial charge in [-0.3, -0.25) is 14.4 Å². The van der Waals surface area contributed by atoms with E-state index in [2.05, 4.69) is 45.1 Å². The highest BCUT2D eigenvalue weighted by Crippen LogP contribution is 2.16. The van der Waals surface area contributed by atoms with E-state index in [0.29, 0.717) is 19.3 Å². The Morgan fingerprint density at radius 1 is 0.328 bits per heavy atom. The van der Waals surface area contributed by atoms with E-state index in [1.54, 1.807) is 0 Å². The van der Waals surface area contributed by atoms with Crippen LogP contribution in [0.15, 0.2) is 24.3 Å². The molecule has 1 atom stereocenters. The predicted molar refractivity (Wildman–Crippen MR) is 261 cm³/mol. The Bertz CT molecular complexity index is 989. The molecule has 6 nitrogen and oxygen atoms in total. The molecule has 1 unspecified atom stereocenters. The van der Waals surface area contributed by atoms with Gasteiger partial charge in [-0.25, -0.2) is 0 Å². The van der Waals surface area contributed by atoms with Crippen LogP contribution in [0.5, 0.6) is 0 Å². The monoisotopic (exact) mass is 859 g/mol. The maximum absolute atomic E-state index is 12.8. The Kier molecular flexibility index (Phi) is 48.8. The average Bonchev–Trinajstić information content (AvgIpc) is 3.26. The van der Waals surface area contributed by atoms with Crippen LogP contribution in [0.1, 0.15) is 290 Å². The quantitative estimate of drug-likeness (QED) is 0.0262. The SMILES string of the molecule is CCCCC/C=C\C/C=C\CCCCCCCC(=O)OC(COC(=O)CCCCCCCCCCCCCCC)COC(=O)CCCCCCCCCCCCCCCCC. The van der Waals surface area contributed by atoms with Gasteiger partial charge in [-0.05, 0) is 51.4 Å². The van der Waals surface area contributed by atoms with Gasteiger partial charge in [-0.1, -0.05) is 244 Å². The minimum absolute atomic E-state index is 0.0719. The van der Waals surface area contributed by atoms with Gasteiger partial charge in [0.25, 0.3) is 0 Å². The smallest absolute Gasteiger partial charge is 0.306 e. The summed E-state index contributed by atoms with van der Waals surface area (Å²) in [6.07, 6.45) is 57.3. The van der Waals surface area contributed by atoms with Crippen molar-refractivity contribution in [3.63, 3.8) is 0 Å². The molecule has 0 saturated carbocycles. The zero-order chi connectivity index (χ0) is 44.4. The van der Waals surface area contributed by atoms with Gasteiger partial charge in [0.05, 0.1) is 0 Å². The third-order valence-electron chi connectivity index (χ3n) is 12.0. The highest BCUT2D eigenvalue weighted by atomic mass is 16.6. The van der Waals surface area contributed by atoms with Gasteiger partial charge in [0.15, 0.2) is 6.10 Å². The van der Waals surface area contributed by atoms with Gasteiger partial charge in [-0.15, -0.1) is 0 Å². The first kappa shape index (κ1) is 58.9. The van der Waals surface area contributed by atoms with Crippen molar-refractivity contribution >= 4 is 17.9 Å². The van der Waals surface area contributed by atoms with E-state index in [4.69, 9.17) is 14.2 Å². The zero-order valence-corrected chi connectivity index (χ0v) is 40.9. The lowest BCUT2D eigenvalue weighted by atomic mass is 10.0. The summed E-state index contributed by atoms with van der Waals surface area (Å²) in [5.41, 5.74) is 0. The van der Waals surface area contributed by atoms with Crippen molar-refractivity contribution in [3.05, 3.63) is 24.3 Å². The van der Waals surface area contributed by atoms with Crippen LogP contribution in [0.2, 0.25) is 0 Å². The summed E-state index contributed by atoms with van der Waals surface area (Å²) in [5.74, 6) is -0.869. The number of unbranched alkanes of at least 4 members (excludes halogenated alkanes) is 34. The third kappa shape index (κ3) is 48.8. The molecular weight excluding hydrogens is 757 g/mol. The highest BCUT2D eigenvalue weighted by molar-refractivity contribution is 5.71. The van der Waals surface area contributed by atoms with Crippen molar-refractivity contribution in [1.82, 2.24) is 0 Å². The number of rotatable bonds is 49. The molecule has 0 aromatic carbocycles. The molecule has 0 aromatic rings. The lowest BCUT2D eigenvalue weighted by Crippen LogP contribution is -2.30. The minimum Gasteiger partial charge on any atom is -0.462 e. The summed E-state index contributed by atoms with van der Waals surface area (Å²) in [7, 11) is 0. The van der Waals surface area contributed by atoms with Crippen LogP contribution in [-0.2, 0) is 28.6 Å². The Hall–Kier alpha value is -2.11. The van der Waals surface area contributed by atoms with Gasteiger partial charge in [0.2, 0.25) is 0 Å². The molecule has 0 bridgehead atoms. The van der Waals surface area contributed by atoms with Crippen molar-refractivity contribution in [3.8, 4) is 0 Å². The van der Waals surface area contributed by atoms with Crippen LogP contribution in [0.3, 0.4) is 0 Å². The maximum Gasteiger partial charge on any atom is 0.306 e. The van der Waals surface area contributed by atoms with Crippen molar-refractivity contribution in [1.29, 1.82) is 0 Å². The molecule has 61 heavy (non-hydrogen) atoms. The first-order valence-corrected chi connectivity index (χ1v) is 26.8. The normalized spacial score (nSPS) is 12.1. The summed E-state index contributed by atoms with van der Waals surface area (Å²) in [6.45, 7) is 6.63. The molecule has 0 saturated heterocycles. The third-order valence-corrected chi connectivity index (χ3v) is 12.0. The Morgan fingerprint density at radius 3 is 0.934 bits per heavy atom. The molecular formula is C55H102O6. The second-order valence-corrected chi connectivity index (χ2v) is 18.2. The van der Waals surface area contributed by atoms with Crippen LogP contribution in [0, 0.1) is 0 Å². The standard InChI is InChI=1S/C55H102O6/c1-4-7-10-13-16-19-22-25-27-30-33-36-39-42-45-48-54(57)60-51-52(50-59-53(56)47-44-41-38-35-32-29-24-21-18-15-12-9-6-3)61-55(58)49-46-43-40-37-34-31-28-26-23-20-17-14-11-8-5-2/h17,20,26,28,52H,4-16,18-19,21-25,27,29-51H2,1-3H3/b20-17-,28-26-. The molecule has 0 fully saturated rings. The van der Waals surface area contributed by atoms with Crippen LogP contribution < -0.4 is 0 Å². The fourth-order valence-corrected chi connectivity index (χ4v) is 7.89. The number of hydrogen-bond donors (Lipinski definition) is 0. The number of ether oxygens (including phenoxy) is 3. The Labute approximate surface area is 379 Å². The number of carbonyl (C=O) groups is 3. The Morgan fingerprint density at radius 2 is 0.590 bits per heavy atom. The molecule has 0 aliphatic rings. The average molecular weight is 859 g/mol. The van der Waals surface area contributed by atoms with Crippen LogP contribution in [-0.4, -0.2) is 37.2 Å². The van der Waals surface area contributed by atoms with E-state index in [1.807, 2.05) is 0 Å². The largest absolute Gasteiger partial charge is 0.462 e. The summed E-state index contributed by atoms with van der Waals surface area (Å²) in [4.78, 5) is 38.0. The molecule has 358 valence electrons. The van der Waals surface area contributed by atoms with Crippen molar-refractivity contribution in [2.75, 3.05) is 13.2 Å². The molecule has 0 heterocycles. The van der Waals surface area contributed by atoms with E-state index in [1.165, 1.54) is 173 Å². The van der Waals surface area contributed by atoms with Crippen molar-refractivity contribution in [2.24, 2.45) is 0 Å². The molecule has 0 aromatic heterocycles. The fourth-order valence-electron chi connectivity index (χ4n) is 7.89. The number of esters is 3. The summed E-state index contributed by atoms with van der Waals surface area (Å²) < 4.78 is 16.8. The topological polar surface area (TPSA) is 78.9 Å². The van der Waals surface area contributed by atoms with E-state index < -0.39 is 6.10 Å².